The fourth-order valence-corrected chi connectivity index (χ4v) is 3.99. The quantitative estimate of drug-likeness (QED) is 0.740. The van der Waals surface area contributed by atoms with Gasteiger partial charge in [-0.15, -0.1) is 0 Å². The standard InChI is InChI=1S/C15H25BrN2/c1-3-4-12-5-7-14(16)13(11-12)6-8-15-17-9-10-18(15)2/h9-10,12-14H,3-8,11H2,1-2H3. The van der Waals surface area contributed by atoms with Crippen molar-refractivity contribution in [3.63, 3.8) is 0 Å². The lowest BCUT2D eigenvalue weighted by atomic mass is 9.77. The number of hydrogen-bond donors (Lipinski definition) is 0. The van der Waals surface area contributed by atoms with Crippen molar-refractivity contribution >= 4 is 15.9 Å². The molecule has 1 fully saturated rings. The lowest BCUT2D eigenvalue weighted by Gasteiger charge is -2.33. The van der Waals surface area contributed by atoms with Gasteiger partial charge >= 0.3 is 0 Å². The summed E-state index contributed by atoms with van der Waals surface area (Å²) >= 11 is 3.89. The van der Waals surface area contributed by atoms with Crippen molar-refractivity contribution < 1.29 is 0 Å². The van der Waals surface area contributed by atoms with Crippen LogP contribution < -0.4 is 0 Å². The predicted molar refractivity (Wildman–Crippen MR) is 80.0 cm³/mol. The molecule has 1 aromatic rings. The van der Waals surface area contributed by atoms with Gasteiger partial charge in [0.25, 0.3) is 0 Å². The fraction of sp³-hybridized carbons (Fsp3) is 0.800. The smallest absolute Gasteiger partial charge is 0.108 e. The molecule has 0 aliphatic heterocycles. The van der Waals surface area contributed by atoms with E-state index in [0.29, 0.717) is 0 Å². The van der Waals surface area contributed by atoms with Crippen LogP contribution >= 0.6 is 15.9 Å². The van der Waals surface area contributed by atoms with Crippen molar-refractivity contribution in [2.45, 2.75) is 56.7 Å². The SMILES string of the molecule is CCCC1CCC(Br)C(CCc2nccn2C)C1. The fourth-order valence-electron chi connectivity index (χ4n) is 3.25. The van der Waals surface area contributed by atoms with Crippen LogP contribution in [0.4, 0.5) is 0 Å². The van der Waals surface area contributed by atoms with Crippen LogP contribution in [0.1, 0.15) is 51.3 Å². The first-order valence-electron chi connectivity index (χ1n) is 7.31. The summed E-state index contributed by atoms with van der Waals surface area (Å²) in [4.78, 5) is 5.16. The molecule has 0 N–H and O–H groups in total. The molecule has 2 nitrogen and oxygen atoms in total. The van der Waals surface area contributed by atoms with Crippen LogP contribution in [0, 0.1) is 11.8 Å². The third-order valence-electron chi connectivity index (χ3n) is 4.35. The molecule has 0 saturated heterocycles. The zero-order valence-corrected chi connectivity index (χ0v) is 13.2. The minimum absolute atomic E-state index is 0.728. The van der Waals surface area contributed by atoms with Gasteiger partial charge in [-0.3, -0.25) is 0 Å². The Labute approximate surface area is 119 Å². The first-order chi connectivity index (χ1) is 8.70. The summed E-state index contributed by atoms with van der Waals surface area (Å²) in [5.74, 6) is 3.04. The summed E-state index contributed by atoms with van der Waals surface area (Å²) in [6.07, 6.45) is 13.3. The highest BCUT2D eigenvalue weighted by Gasteiger charge is 2.28. The third kappa shape index (κ3) is 3.59. The minimum atomic E-state index is 0.728. The van der Waals surface area contributed by atoms with Crippen LogP contribution in [0.3, 0.4) is 0 Å². The molecule has 3 unspecified atom stereocenters. The lowest BCUT2D eigenvalue weighted by molar-refractivity contribution is 0.253. The van der Waals surface area contributed by atoms with Gasteiger partial charge in [0.15, 0.2) is 0 Å². The summed E-state index contributed by atoms with van der Waals surface area (Å²) in [5, 5.41) is 0. The molecule has 1 aliphatic carbocycles. The van der Waals surface area contributed by atoms with Gasteiger partial charge in [-0.1, -0.05) is 35.7 Å². The normalized spacial score (nSPS) is 28.5. The summed E-state index contributed by atoms with van der Waals surface area (Å²) < 4.78 is 2.15. The van der Waals surface area contributed by atoms with Gasteiger partial charge in [0.2, 0.25) is 0 Å². The molecule has 1 aliphatic rings. The summed E-state index contributed by atoms with van der Waals surface area (Å²) in [6, 6.07) is 0. The van der Waals surface area contributed by atoms with Gasteiger partial charge in [-0.25, -0.2) is 4.98 Å². The van der Waals surface area contributed by atoms with Crippen LogP contribution in [0.25, 0.3) is 0 Å². The van der Waals surface area contributed by atoms with Crippen molar-refractivity contribution in [3.05, 3.63) is 18.2 Å². The van der Waals surface area contributed by atoms with Gasteiger partial charge in [-0.2, -0.15) is 0 Å². The van der Waals surface area contributed by atoms with Crippen LogP contribution in [-0.2, 0) is 13.5 Å². The maximum Gasteiger partial charge on any atom is 0.108 e. The van der Waals surface area contributed by atoms with Crippen LogP contribution in [0.5, 0.6) is 0 Å². The van der Waals surface area contributed by atoms with Crippen LogP contribution in [0.2, 0.25) is 0 Å². The predicted octanol–water partition coefficient (Wildman–Crippen LogP) is 4.33. The van der Waals surface area contributed by atoms with Gasteiger partial charge < -0.3 is 4.57 Å². The van der Waals surface area contributed by atoms with Crippen molar-refractivity contribution in [1.82, 2.24) is 9.55 Å². The highest BCUT2D eigenvalue weighted by molar-refractivity contribution is 9.09. The molecule has 3 heteroatoms. The topological polar surface area (TPSA) is 17.8 Å². The molecule has 3 atom stereocenters. The van der Waals surface area contributed by atoms with E-state index in [1.54, 1.807) is 0 Å². The van der Waals surface area contributed by atoms with E-state index in [0.717, 1.165) is 23.1 Å². The Morgan fingerprint density at radius 2 is 2.22 bits per heavy atom. The van der Waals surface area contributed by atoms with E-state index in [9.17, 15) is 0 Å². The van der Waals surface area contributed by atoms with E-state index in [1.807, 2.05) is 12.4 Å². The molecule has 18 heavy (non-hydrogen) atoms. The Balaban J connectivity index is 1.85. The Morgan fingerprint density at radius 1 is 1.39 bits per heavy atom. The molecule has 1 saturated carbocycles. The molecular formula is C15H25BrN2. The zero-order valence-electron chi connectivity index (χ0n) is 11.6. The van der Waals surface area contributed by atoms with Crippen molar-refractivity contribution in [3.8, 4) is 0 Å². The van der Waals surface area contributed by atoms with Crippen LogP contribution in [0.15, 0.2) is 12.4 Å². The molecule has 0 amide bonds. The molecular weight excluding hydrogens is 288 g/mol. The number of aromatic nitrogens is 2. The monoisotopic (exact) mass is 312 g/mol. The Bertz CT molecular complexity index is 361. The largest absolute Gasteiger partial charge is 0.338 e. The molecule has 0 spiro atoms. The highest BCUT2D eigenvalue weighted by Crippen LogP contribution is 2.38. The second kappa shape index (κ2) is 6.74. The van der Waals surface area contributed by atoms with E-state index < -0.39 is 0 Å². The van der Waals surface area contributed by atoms with Gasteiger partial charge in [-0.05, 0) is 37.5 Å². The van der Waals surface area contributed by atoms with Gasteiger partial charge in [0.05, 0.1) is 0 Å². The number of alkyl halides is 1. The number of imidazole rings is 1. The first kappa shape index (κ1) is 14.1. The molecule has 0 radical (unpaired) electrons. The first-order valence-corrected chi connectivity index (χ1v) is 8.22. The molecule has 1 heterocycles. The maximum atomic E-state index is 4.43. The van der Waals surface area contributed by atoms with Crippen molar-refractivity contribution in [2.24, 2.45) is 18.9 Å². The number of rotatable bonds is 5. The third-order valence-corrected chi connectivity index (χ3v) is 5.56. The number of nitrogens with zero attached hydrogens (tertiary/aromatic N) is 2. The van der Waals surface area contributed by atoms with E-state index in [-0.39, 0.29) is 0 Å². The lowest BCUT2D eigenvalue weighted by Crippen LogP contribution is -2.25. The van der Waals surface area contributed by atoms with E-state index in [2.05, 4.69) is 39.5 Å². The summed E-state index contributed by atoms with van der Waals surface area (Å²) in [6.45, 7) is 2.31. The van der Waals surface area contributed by atoms with Gasteiger partial charge in [0, 0.05) is 30.7 Å². The number of halogens is 1. The van der Waals surface area contributed by atoms with E-state index >= 15 is 0 Å². The Kier molecular flexibility index (Phi) is 5.28. The zero-order chi connectivity index (χ0) is 13.0. The second-order valence-electron chi connectivity index (χ2n) is 5.74. The Morgan fingerprint density at radius 3 is 2.89 bits per heavy atom. The minimum Gasteiger partial charge on any atom is -0.338 e. The molecule has 102 valence electrons. The number of hydrogen-bond acceptors (Lipinski definition) is 1. The molecule has 2 rings (SSSR count). The molecule has 1 aromatic heterocycles. The van der Waals surface area contributed by atoms with E-state index in [1.165, 1.54) is 44.3 Å². The average Bonchev–Trinajstić information content (AvgIpc) is 2.76. The highest BCUT2D eigenvalue weighted by atomic mass is 79.9. The Hall–Kier alpha value is -0.310. The van der Waals surface area contributed by atoms with Crippen molar-refractivity contribution in [2.75, 3.05) is 0 Å². The maximum absolute atomic E-state index is 4.43. The average molecular weight is 313 g/mol. The second-order valence-corrected chi connectivity index (χ2v) is 6.91. The van der Waals surface area contributed by atoms with Crippen molar-refractivity contribution in [1.29, 1.82) is 0 Å². The molecule has 0 aromatic carbocycles. The summed E-state index contributed by atoms with van der Waals surface area (Å²) in [5.41, 5.74) is 0. The number of aryl methyl sites for hydroxylation is 2. The molecule has 0 bridgehead atoms. The van der Waals surface area contributed by atoms with E-state index in [4.69, 9.17) is 0 Å². The van der Waals surface area contributed by atoms with Gasteiger partial charge in [0.1, 0.15) is 5.82 Å². The summed E-state index contributed by atoms with van der Waals surface area (Å²) in [7, 11) is 2.09. The van der Waals surface area contributed by atoms with Crippen LogP contribution in [-0.4, -0.2) is 14.4 Å².